The first kappa shape index (κ1) is 16.9. The van der Waals surface area contributed by atoms with Crippen LogP contribution in [0.2, 0.25) is 0 Å². The highest BCUT2D eigenvalue weighted by Crippen LogP contribution is 2.48. The van der Waals surface area contributed by atoms with Crippen LogP contribution in [-0.4, -0.2) is 25.6 Å². The molecule has 4 rings (SSSR count). The number of benzene rings is 1. The fraction of sp³-hybridized carbons (Fsp3) is 0.667. The minimum Gasteiger partial charge on any atom is -0.496 e. The van der Waals surface area contributed by atoms with Crippen molar-refractivity contribution in [1.82, 2.24) is 5.32 Å². The van der Waals surface area contributed by atoms with E-state index in [1.807, 2.05) is 12.1 Å². The van der Waals surface area contributed by atoms with Gasteiger partial charge in [-0.15, -0.1) is 0 Å². The van der Waals surface area contributed by atoms with Crippen LogP contribution in [0.5, 0.6) is 5.75 Å². The highest BCUT2D eigenvalue weighted by Gasteiger charge is 2.49. The number of carbonyl (C=O) groups excluding carboxylic acids is 1. The molecule has 3 saturated carbocycles. The number of amides is 1. The number of para-hydroxylation sites is 1. The molecule has 3 aliphatic rings. The van der Waals surface area contributed by atoms with Crippen molar-refractivity contribution in [3.63, 3.8) is 0 Å². The van der Waals surface area contributed by atoms with Gasteiger partial charge in [0.15, 0.2) is 0 Å². The number of nitrogens with two attached hydrogens (primary N) is 1. The first-order valence-electron chi connectivity index (χ1n) is 9.81. The normalized spacial score (nSPS) is 32.7. The summed E-state index contributed by atoms with van der Waals surface area (Å²) < 4.78 is 5.61. The third-order valence-electron chi connectivity index (χ3n) is 7.12. The summed E-state index contributed by atoms with van der Waals surface area (Å²) in [5, 5.41) is 3.30. The smallest absolute Gasteiger partial charge is 0.224 e. The summed E-state index contributed by atoms with van der Waals surface area (Å²) in [5.74, 6) is 2.22. The van der Waals surface area contributed by atoms with Crippen LogP contribution in [0.1, 0.15) is 50.5 Å². The molecular formula is C21H30N2O2. The van der Waals surface area contributed by atoms with Crippen molar-refractivity contribution >= 4 is 5.91 Å². The van der Waals surface area contributed by atoms with Crippen molar-refractivity contribution in [2.75, 3.05) is 13.7 Å². The number of methoxy groups -OCH3 is 1. The van der Waals surface area contributed by atoms with E-state index < -0.39 is 0 Å². The predicted molar refractivity (Wildman–Crippen MR) is 98.4 cm³/mol. The van der Waals surface area contributed by atoms with Gasteiger partial charge in [0, 0.05) is 23.6 Å². The van der Waals surface area contributed by atoms with Crippen LogP contribution < -0.4 is 15.8 Å². The van der Waals surface area contributed by atoms with Gasteiger partial charge in [0.2, 0.25) is 5.91 Å². The summed E-state index contributed by atoms with van der Waals surface area (Å²) >= 11 is 0. The van der Waals surface area contributed by atoms with Crippen LogP contribution in [0.15, 0.2) is 24.3 Å². The van der Waals surface area contributed by atoms with Crippen molar-refractivity contribution in [2.24, 2.45) is 23.5 Å². The summed E-state index contributed by atoms with van der Waals surface area (Å²) in [7, 11) is 1.73. The van der Waals surface area contributed by atoms with Crippen molar-refractivity contribution in [2.45, 2.75) is 56.4 Å². The largest absolute Gasteiger partial charge is 0.496 e. The minimum absolute atomic E-state index is 0.00395. The molecule has 0 saturated heterocycles. The second-order valence-electron chi connectivity index (χ2n) is 8.34. The van der Waals surface area contributed by atoms with Crippen LogP contribution in [0.3, 0.4) is 0 Å². The Bertz CT molecular complexity index is 637. The fourth-order valence-corrected chi connectivity index (χ4v) is 5.77. The molecule has 3 N–H and O–H groups in total. The quantitative estimate of drug-likeness (QED) is 0.864. The average Bonchev–Trinajstić information content (AvgIpc) is 3.36. The lowest BCUT2D eigenvalue weighted by atomic mass is 9.77. The van der Waals surface area contributed by atoms with E-state index in [0.29, 0.717) is 18.4 Å². The first-order chi connectivity index (χ1) is 12.1. The van der Waals surface area contributed by atoms with E-state index in [4.69, 9.17) is 10.5 Å². The van der Waals surface area contributed by atoms with Crippen LogP contribution in [0, 0.1) is 17.8 Å². The molecule has 4 heteroatoms. The molecule has 0 radical (unpaired) electrons. The summed E-state index contributed by atoms with van der Waals surface area (Å²) in [4.78, 5) is 12.9. The lowest BCUT2D eigenvalue weighted by Gasteiger charge is -2.33. The summed E-state index contributed by atoms with van der Waals surface area (Å²) in [6.45, 7) is 0.701. The van der Waals surface area contributed by atoms with Gasteiger partial charge >= 0.3 is 0 Å². The van der Waals surface area contributed by atoms with E-state index in [0.717, 1.165) is 25.0 Å². The number of hydrogen-bond donors (Lipinski definition) is 2. The zero-order valence-electron chi connectivity index (χ0n) is 15.2. The molecular weight excluding hydrogens is 312 g/mol. The maximum absolute atomic E-state index is 12.9. The Morgan fingerprint density at radius 1 is 1.24 bits per heavy atom. The maximum atomic E-state index is 12.9. The Morgan fingerprint density at radius 3 is 2.64 bits per heavy atom. The lowest BCUT2D eigenvalue weighted by Crippen LogP contribution is -2.48. The van der Waals surface area contributed by atoms with Crippen molar-refractivity contribution in [1.29, 1.82) is 0 Å². The standard InChI is InChI=1S/C21H30N2O2/c1-25-17-7-3-2-6-16(17)21(10-4-5-11-21)13-23-20(24)18-14-8-9-15(12-14)19(18)22/h2-3,6-7,14-15,18-19H,4-5,8-13,22H2,1H3,(H,23,24). The van der Waals surface area contributed by atoms with E-state index >= 15 is 0 Å². The molecule has 3 fully saturated rings. The van der Waals surface area contributed by atoms with Crippen molar-refractivity contribution in [3.05, 3.63) is 29.8 Å². The number of carbonyl (C=O) groups is 1. The van der Waals surface area contributed by atoms with Gasteiger partial charge in [-0.3, -0.25) is 4.79 Å². The Hall–Kier alpha value is -1.55. The summed E-state index contributed by atoms with van der Waals surface area (Å²) in [5.41, 5.74) is 7.60. The van der Waals surface area contributed by atoms with Gasteiger partial charge < -0.3 is 15.8 Å². The van der Waals surface area contributed by atoms with Crippen LogP contribution >= 0.6 is 0 Å². The van der Waals surface area contributed by atoms with E-state index in [1.54, 1.807) is 7.11 Å². The highest BCUT2D eigenvalue weighted by molar-refractivity contribution is 5.80. The van der Waals surface area contributed by atoms with Crippen molar-refractivity contribution < 1.29 is 9.53 Å². The van der Waals surface area contributed by atoms with Gasteiger partial charge in [0.25, 0.3) is 0 Å². The molecule has 3 aliphatic carbocycles. The Labute approximate surface area is 150 Å². The zero-order chi connectivity index (χ0) is 17.4. The molecule has 0 aromatic heterocycles. The molecule has 0 heterocycles. The Balaban J connectivity index is 1.50. The Morgan fingerprint density at radius 2 is 1.96 bits per heavy atom. The fourth-order valence-electron chi connectivity index (χ4n) is 5.77. The first-order valence-corrected chi connectivity index (χ1v) is 9.81. The van der Waals surface area contributed by atoms with Gasteiger partial charge in [-0.05, 0) is 50.0 Å². The van der Waals surface area contributed by atoms with E-state index in [2.05, 4.69) is 17.4 Å². The number of hydrogen-bond acceptors (Lipinski definition) is 3. The van der Waals surface area contributed by atoms with Gasteiger partial charge in [-0.1, -0.05) is 31.0 Å². The lowest BCUT2D eigenvalue weighted by molar-refractivity contribution is -0.127. The maximum Gasteiger partial charge on any atom is 0.224 e. The van der Waals surface area contributed by atoms with Gasteiger partial charge in [0.05, 0.1) is 13.0 Å². The number of ether oxygens (including phenoxy) is 1. The number of nitrogens with one attached hydrogen (secondary N) is 1. The molecule has 1 aromatic rings. The molecule has 1 aromatic carbocycles. The molecule has 25 heavy (non-hydrogen) atoms. The second-order valence-corrected chi connectivity index (χ2v) is 8.34. The SMILES string of the molecule is COc1ccccc1C1(CNC(=O)C2C3CCC(C3)C2N)CCCC1. The van der Waals surface area contributed by atoms with Gasteiger partial charge in [-0.2, -0.15) is 0 Å². The topological polar surface area (TPSA) is 64.3 Å². The second kappa shape index (κ2) is 6.64. The van der Waals surface area contributed by atoms with Crippen molar-refractivity contribution in [3.8, 4) is 5.75 Å². The predicted octanol–water partition coefficient (Wildman–Crippen LogP) is 3.00. The van der Waals surface area contributed by atoms with E-state index in [9.17, 15) is 4.79 Å². The van der Waals surface area contributed by atoms with E-state index in [-0.39, 0.29) is 23.3 Å². The minimum atomic E-state index is 0.00395. The zero-order valence-corrected chi connectivity index (χ0v) is 15.2. The summed E-state index contributed by atoms with van der Waals surface area (Å²) in [6, 6.07) is 8.34. The Kier molecular flexibility index (Phi) is 4.48. The molecule has 2 bridgehead atoms. The molecule has 4 atom stereocenters. The van der Waals surface area contributed by atoms with Gasteiger partial charge in [-0.25, -0.2) is 0 Å². The average molecular weight is 342 g/mol. The molecule has 0 aliphatic heterocycles. The van der Waals surface area contributed by atoms with Crippen LogP contribution in [0.4, 0.5) is 0 Å². The third-order valence-corrected chi connectivity index (χ3v) is 7.12. The monoisotopic (exact) mass is 342 g/mol. The van der Waals surface area contributed by atoms with Gasteiger partial charge in [0.1, 0.15) is 5.75 Å². The molecule has 136 valence electrons. The third kappa shape index (κ3) is 2.84. The summed E-state index contributed by atoms with van der Waals surface area (Å²) in [6.07, 6.45) is 8.17. The molecule has 4 unspecified atom stereocenters. The number of rotatable bonds is 5. The van der Waals surface area contributed by atoms with Crippen LogP contribution in [-0.2, 0) is 10.2 Å². The highest BCUT2D eigenvalue weighted by atomic mass is 16.5. The molecule has 4 nitrogen and oxygen atoms in total. The number of fused-ring (bicyclic) bond motifs is 2. The molecule has 1 amide bonds. The van der Waals surface area contributed by atoms with Crippen LogP contribution in [0.25, 0.3) is 0 Å². The molecule has 0 spiro atoms. The van der Waals surface area contributed by atoms with E-state index in [1.165, 1.54) is 31.2 Å².